The molecule has 7 heteroatoms. The molecule has 116 valence electrons. The molecule has 0 radical (unpaired) electrons. The van der Waals surface area contributed by atoms with E-state index in [9.17, 15) is 9.59 Å². The van der Waals surface area contributed by atoms with Crippen LogP contribution in [0.3, 0.4) is 0 Å². The minimum absolute atomic E-state index is 0. The lowest BCUT2D eigenvalue weighted by Crippen LogP contribution is -2.17. The van der Waals surface area contributed by atoms with Crippen molar-refractivity contribution in [3.63, 3.8) is 0 Å². The van der Waals surface area contributed by atoms with E-state index < -0.39 is 0 Å². The van der Waals surface area contributed by atoms with Crippen LogP contribution < -0.4 is 15.8 Å². The fraction of sp³-hybridized carbons (Fsp3) is 0.429. The zero-order valence-corrected chi connectivity index (χ0v) is 12.5. The Labute approximate surface area is 129 Å². The lowest BCUT2D eigenvalue weighted by molar-refractivity contribution is -0.143. The molecule has 1 aromatic rings. The zero-order valence-electron chi connectivity index (χ0n) is 11.7. The highest BCUT2D eigenvalue weighted by atomic mass is 35.5. The van der Waals surface area contributed by atoms with Crippen molar-refractivity contribution in [2.75, 3.05) is 25.6 Å². The van der Waals surface area contributed by atoms with Gasteiger partial charge in [-0.25, -0.2) is 0 Å². The summed E-state index contributed by atoms with van der Waals surface area (Å²) in [5, 5.41) is 2.77. The molecular weight excluding hydrogens is 296 g/mol. The molecule has 1 aliphatic rings. The van der Waals surface area contributed by atoms with Gasteiger partial charge in [-0.1, -0.05) is 0 Å². The number of amides is 1. The molecule has 0 saturated heterocycles. The molecule has 2 atom stereocenters. The zero-order chi connectivity index (χ0) is 14.5. The topological polar surface area (TPSA) is 90.7 Å². The molecule has 21 heavy (non-hydrogen) atoms. The summed E-state index contributed by atoms with van der Waals surface area (Å²) in [6.45, 7) is 0.906. The summed E-state index contributed by atoms with van der Waals surface area (Å²) in [6, 6.07) is 7.02. The van der Waals surface area contributed by atoms with E-state index in [-0.39, 0.29) is 36.1 Å². The van der Waals surface area contributed by atoms with Gasteiger partial charge in [-0.2, -0.15) is 0 Å². The fourth-order valence-corrected chi connectivity index (χ4v) is 1.94. The molecule has 1 fully saturated rings. The van der Waals surface area contributed by atoms with Gasteiger partial charge in [0.25, 0.3) is 0 Å². The summed E-state index contributed by atoms with van der Waals surface area (Å²) >= 11 is 0. The Morgan fingerprint density at radius 1 is 1.29 bits per heavy atom. The van der Waals surface area contributed by atoms with Gasteiger partial charge in [-0.3, -0.25) is 9.59 Å². The predicted octanol–water partition coefficient (Wildman–Crippen LogP) is 1.19. The van der Waals surface area contributed by atoms with Gasteiger partial charge in [-0.15, -0.1) is 12.4 Å². The number of nitrogens with two attached hydrogens (primary N) is 1. The summed E-state index contributed by atoms with van der Waals surface area (Å²) in [4.78, 5) is 23.2. The first kappa shape index (κ1) is 17.3. The monoisotopic (exact) mass is 314 g/mol. The van der Waals surface area contributed by atoms with Crippen molar-refractivity contribution in [1.29, 1.82) is 0 Å². The number of esters is 1. The third kappa shape index (κ3) is 4.61. The second kappa shape index (κ2) is 7.85. The number of ether oxygens (including phenoxy) is 2. The standard InChI is InChI=1S/C14H18N2O4.ClH/c1-19-14(18)12-8-11(12)13(17)16-9-2-4-10(5-3-9)20-7-6-15;/h2-5,11-12H,6-8,15H2,1H3,(H,16,17);1H. The van der Waals surface area contributed by atoms with E-state index >= 15 is 0 Å². The number of halogens is 1. The van der Waals surface area contributed by atoms with Crippen LogP contribution in [0.1, 0.15) is 6.42 Å². The van der Waals surface area contributed by atoms with Crippen molar-refractivity contribution in [2.24, 2.45) is 17.6 Å². The SMILES string of the molecule is COC(=O)C1CC1C(=O)Nc1ccc(OCCN)cc1.Cl. The first-order valence-electron chi connectivity index (χ1n) is 6.47. The summed E-state index contributed by atoms with van der Waals surface area (Å²) in [5.41, 5.74) is 6.01. The van der Waals surface area contributed by atoms with Crippen molar-refractivity contribution in [3.05, 3.63) is 24.3 Å². The summed E-state index contributed by atoms with van der Waals surface area (Å²) in [5.74, 6) is -0.359. The summed E-state index contributed by atoms with van der Waals surface area (Å²) < 4.78 is 9.95. The molecule has 1 aromatic carbocycles. The maximum Gasteiger partial charge on any atom is 0.309 e. The van der Waals surface area contributed by atoms with Crippen LogP contribution in [0.25, 0.3) is 0 Å². The molecule has 1 aliphatic carbocycles. The van der Waals surface area contributed by atoms with E-state index in [1.165, 1.54) is 7.11 Å². The Morgan fingerprint density at radius 3 is 2.52 bits per heavy atom. The number of carbonyl (C=O) groups is 2. The number of anilines is 1. The van der Waals surface area contributed by atoms with Gasteiger partial charge in [0.15, 0.2) is 0 Å². The predicted molar refractivity (Wildman–Crippen MR) is 80.5 cm³/mol. The molecule has 3 N–H and O–H groups in total. The number of nitrogens with one attached hydrogen (secondary N) is 1. The first-order valence-corrected chi connectivity index (χ1v) is 6.47. The van der Waals surface area contributed by atoms with Crippen LogP contribution in [-0.2, 0) is 14.3 Å². The average molecular weight is 315 g/mol. The van der Waals surface area contributed by atoms with Gasteiger partial charge >= 0.3 is 5.97 Å². The van der Waals surface area contributed by atoms with Gasteiger partial charge in [-0.05, 0) is 30.7 Å². The van der Waals surface area contributed by atoms with Gasteiger partial charge in [0.1, 0.15) is 12.4 Å². The Hall–Kier alpha value is -1.79. The number of carbonyl (C=O) groups excluding carboxylic acids is 2. The van der Waals surface area contributed by atoms with Crippen LogP contribution in [0, 0.1) is 11.8 Å². The Kier molecular flexibility index (Phi) is 6.45. The minimum atomic E-state index is -0.323. The smallest absolute Gasteiger partial charge is 0.309 e. The van der Waals surface area contributed by atoms with Crippen molar-refractivity contribution in [2.45, 2.75) is 6.42 Å². The number of hydrogen-bond acceptors (Lipinski definition) is 5. The number of benzene rings is 1. The molecule has 0 bridgehead atoms. The average Bonchev–Trinajstić information content (AvgIpc) is 3.26. The van der Waals surface area contributed by atoms with Crippen LogP contribution in [0.5, 0.6) is 5.75 Å². The second-order valence-corrected chi connectivity index (χ2v) is 4.62. The van der Waals surface area contributed by atoms with E-state index in [0.29, 0.717) is 31.0 Å². The van der Waals surface area contributed by atoms with E-state index in [0.717, 1.165) is 0 Å². The van der Waals surface area contributed by atoms with Crippen molar-refractivity contribution in [1.82, 2.24) is 0 Å². The highest BCUT2D eigenvalue weighted by Crippen LogP contribution is 2.40. The van der Waals surface area contributed by atoms with Crippen LogP contribution in [0.15, 0.2) is 24.3 Å². The summed E-state index contributed by atoms with van der Waals surface area (Å²) in [6.07, 6.45) is 0.552. The second-order valence-electron chi connectivity index (χ2n) is 4.62. The Balaban J connectivity index is 0.00000220. The Bertz CT molecular complexity index is 492. The molecular formula is C14H19ClN2O4. The molecule has 0 aliphatic heterocycles. The van der Waals surface area contributed by atoms with Crippen LogP contribution in [0.2, 0.25) is 0 Å². The first-order chi connectivity index (χ1) is 9.65. The van der Waals surface area contributed by atoms with E-state index in [4.69, 9.17) is 10.5 Å². The largest absolute Gasteiger partial charge is 0.492 e. The number of methoxy groups -OCH3 is 1. The molecule has 0 heterocycles. The van der Waals surface area contributed by atoms with Crippen molar-refractivity contribution in [3.8, 4) is 5.75 Å². The van der Waals surface area contributed by atoms with Crippen molar-refractivity contribution < 1.29 is 19.1 Å². The van der Waals surface area contributed by atoms with Crippen molar-refractivity contribution >= 4 is 30.0 Å². The maximum absolute atomic E-state index is 11.9. The van der Waals surface area contributed by atoms with Gasteiger partial charge in [0.2, 0.25) is 5.91 Å². The normalized spacial score (nSPS) is 19.1. The number of rotatable bonds is 6. The molecule has 2 unspecified atom stereocenters. The third-order valence-corrected chi connectivity index (χ3v) is 3.14. The van der Waals surface area contributed by atoms with Gasteiger partial charge in [0, 0.05) is 12.2 Å². The van der Waals surface area contributed by atoms with Crippen LogP contribution in [-0.4, -0.2) is 32.1 Å². The minimum Gasteiger partial charge on any atom is -0.492 e. The lowest BCUT2D eigenvalue weighted by Gasteiger charge is -2.07. The fourth-order valence-electron chi connectivity index (χ4n) is 1.94. The molecule has 0 spiro atoms. The lowest BCUT2D eigenvalue weighted by atomic mass is 10.2. The molecule has 6 nitrogen and oxygen atoms in total. The quantitative estimate of drug-likeness (QED) is 0.770. The number of hydrogen-bond donors (Lipinski definition) is 2. The van der Waals surface area contributed by atoms with Gasteiger partial charge < -0.3 is 20.5 Å². The molecule has 1 amide bonds. The highest BCUT2D eigenvalue weighted by molar-refractivity contribution is 5.98. The molecule has 0 aromatic heterocycles. The third-order valence-electron chi connectivity index (χ3n) is 3.14. The van der Waals surface area contributed by atoms with E-state index in [2.05, 4.69) is 10.1 Å². The molecule has 2 rings (SSSR count). The van der Waals surface area contributed by atoms with E-state index in [1.807, 2.05) is 0 Å². The maximum atomic E-state index is 11.9. The van der Waals surface area contributed by atoms with Crippen LogP contribution >= 0.6 is 12.4 Å². The van der Waals surface area contributed by atoms with Gasteiger partial charge in [0.05, 0.1) is 18.9 Å². The highest BCUT2D eigenvalue weighted by Gasteiger charge is 2.48. The van der Waals surface area contributed by atoms with Crippen LogP contribution in [0.4, 0.5) is 5.69 Å². The Morgan fingerprint density at radius 2 is 1.95 bits per heavy atom. The summed E-state index contributed by atoms with van der Waals surface area (Å²) in [7, 11) is 1.33. The molecule has 1 saturated carbocycles. The van der Waals surface area contributed by atoms with E-state index in [1.54, 1.807) is 24.3 Å².